The lowest BCUT2D eigenvalue weighted by Crippen LogP contribution is -2.48. The summed E-state index contributed by atoms with van der Waals surface area (Å²) in [5.74, 6) is -0.435. The molecule has 0 amide bonds. The number of carbonyl (C=O) groups is 1. The summed E-state index contributed by atoms with van der Waals surface area (Å²) >= 11 is 0. The van der Waals surface area contributed by atoms with Gasteiger partial charge in [-0.05, 0) is 6.92 Å². The molecule has 114 valence electrons. The zero-order chi connectivity index (χ0) is 15.1. The first-order valence-electron chi connectivity index (χ1n) is 6.10. The summed E-state index contributed by atoms with van der Waals surface area (Å²) in [4.78, 5) is 11.0. The Bertz CT molecular complexity index is 371. The number of ether oxygens (including phenoxy) is 2. The van der Waals surface area contributed by atoms with E-state index in [1.54, 1.807) is 13.8 Å². The Labute approximate surface area is 115 Å². The second-order valence-corrected chi connectivity index (χ2v) is 6.15. The molecule has 0 bridgehead atoms. The zero-order valence-electron chi connectivity index (χ0n) is 12.2. The molecule has 0 aliphatic heterocycles. The van der Waals surface area contributed by atoms with Crippen LogP contribution >= 0.6 is 0 Å². The molecule has 0 aromatic heterocycles. The summed E-state index contributed by atoms with van der Waals surface area (Å²) in [7, 11) is 0.647. The van der Waals surface area contributed by atoms with Gasteiger partial charge < -0.3 is 9.47 Å². The Kier molecular flexibility index (Phi) is 8.15. The fourth-order valence-corrected chi connectivity index (χ4v) is 3.19. The molecule has 1 atom stereocenters. The van der Waals surface area contributed by atoms with Gasteiger partial charge in [0.1, 0.15) is 0 Å². The van der Waals surface area contributed by atoms with E-state index in [4.69, 9.17) is 4.74 Å². The third kappa shape index (κ3) is 5.43. The number of methoxy groups -OCH3 is 2. The molecule has 0 saturated heterocycles. The van der Waals surface area contributed by atoms with Crippen molar-refractivity contribution in [3.05, 3.63) is 0 Å². The number of rotatable bonds is 9. The van der Waals surface area contributed by atoms with Gasteiger partial charge >= 0.3 is 5.97 Å². The van der Waals surface area contributed by atoms with Gasteiger partial charge in [0.25, 0.3) is 10.2 Å². The molecule has 0 aliphatic rings. The highest BCUT2D eigenvalue weighted by molar-refractivity contribution is 7.86. The van der Waals surface area contributed by atoms with Gasteiger partial charge in [-0.15, -0.1) is 0 Å². The third-order valence-electron chi connectivity index (χ3n) is 2.76. The molecule has 8 heteroatoms. The molecule has 0 aromatic rings. The Morgan fingerprint density at radius 1 is 1.32 bits per heavy atom. The van der Waals surface area contributed by atoms with Crippen molar-refractivity contribution in [1.82, 2.24) is 8.61 Å². The van der Waals surface area contributed by atoms with Gasteiger partial charge in [0, 0.05) is 33.3 Å². The molecule has 0 fully saturated rings. The number of likely N-dealkylation sites (N-methyl/N-ethyl adjacent to an activating group) is 1. The number of hydrogen-bond donors (Lipinski definition) is 0. The fourth-order valence-electron chi connectivity index (χ4n) is 1.67. The molecule has 0 spiro atoms. The molecule has 7 nitrogen and oxygen atoms in total. The molecule has 0 aliphatic carbocycles. The minimum atomic E-state index is -3.60. The first-order valence-corrected chi connectivity index (χ1v) is 7.49. The van der Waals surface area contributed by atoms with Gasteiger partial charge in [0.2, 0.25) is 0 Å². The van der Waals surface area contributed by atoms with E-state index in [-0.39, 0.29) is 19.0 Å². The van der Waals surface area contributed by atoms with Crippen molar-refractivity contribution in [3.8, 4) is 0 Å². The summed E-state index contributed by atoms with van der Waals surface area (Å²) < 4.78 is 36.6. The van der Waals surface area contributed by atoms with E-state index in [1.165, 1.54) is 25.6 Å². The molecule has 19 heavy (non-hydrogen) atoms. The lowest BCUT2D eigenvalue weighted by molar-refractivity contribution is -0.140. The average molecular weight is 296 g/mol. The van der Waals surface area contributed by atoms with E-state index in [2.05, 4.69) is 4.74 Å². The maximum atomic E-state index is 12.3. The highest BCUT2D eigenvalue weighted by atomic mass is 32.2. The first kappa shape index (κ1) is 18.3. The zero-order valence-corrected chi connectivity index (χ0v) is 13.1. The molecule has 0 saturated carbocycles. The van der Waals surface area contributed by atoms with Crippen LogP contribution in [0.2, 0.25) is 0 Å². The number of hydrogen-bond acceptors (Lipinski definition) is 5. The van der Waals surface area contributed by atoms with Crippen LogP contribution < -0.4 is 0 Å². The number of carbonyl (C=O) groups excluding carboxylic acids is 1. The van der Waals surface area contributed by atoms with Crippen LogP contribution in [0.1, 0.15) is 20.3 Å². The second kappa shape index (κ2) is 8.47. The summed E-state index contributed by atoms with van der Waals surface area (Å²) in [6, 6.07) is -0.263. The number of nitrogens with zero attached hydrogens (tertiary/aromatic N) is 2. The van der Waals surface area contributed by atoms with Gasteiger partial charge in [-0.25, -0.2) is 0 Å². The topological polar surface area (TPSA) is 76.2 Å². The van der Waals surface area contributed by atoms with Crippen LogP contribution in [0.4, 0.5) is 0 Å². The lowest BCUT2D eigenvalue weighted by Gasteiger charge is -2.30. The molecule has 1 unspecified atom stereocenters. The average Bonchev–Trinajstić information content (AvgIpc) is 2.36. The minimum Gasteiger partial charge on any atom is -0.469 e. The Balaban J connectivity index is 4.76. The monoisotopic (exact) mass is 296 g/mol. The molecular weight excluding hydrogens is 272 g/mol. The highest BCUT2D eigenvalue weighted by Crippen LogP contribution is 2.11. The quantitative estimate of drug-likeness (QED) is 0.563. The Morgan fingerprint density at radius 3 is 2.32 bits per heavy atom. The fraction of sp³-hybridized carbons (Fsp3) is 0.909. The van der Waals surface area contributed by atoms with Crippen LogP contribution in [0, 0.1) is 0 Å². The van der Waals surface area contributed by atoms with Gasteiger partial charge in [-0.1, -0.05) is 6.92 Å². The molecule has 0 rings (SSSR count). The van der Waals surface area contributed by atoms with Crippen molar-refractivity contribution in [2.75, 3.05) is 41.0 Å². The van der Waals surface area contributed by atoms with Crippen molar-refractivity contribution in [2.45, 2.75) is 26.3 Å². The smallest absolute Gasteiger partial charge is 0.306 e. The normalized spacial score (nSPS) is 13.8. The summed E-state index contributed by atoms with van der Waals surface area (Å²) in [5, 5.41) is 0. The standard InChI is InChI=1S/C11H24N2O5S/c1-6-13(10(2)9-17-4)19(15,16)12(3)8-7-11(14)18-5/h10H,6-9H2,1-5H3. The van der Waals surface area contributed by atoms with E-state index >= 15 is 0 Å². The van der Waals surface area contributed by atoms with Crippen LogP contribution in [0.5, 0.6) is 0 Å². The van der Waals surface area contributed by atoms with Crippen LogP contribution in [0.25, 0.3) is 0 Å². The van der Waals surface area contributed by atoms with Crippen LogP contribution in [-0.4, -0.2) is 70.0 Å². The maximum absolute atomic E-state index is 12.3. The second-order valence-electron chi connectivity index (χ2n) is 4.16. The highest BCUT2D eigenvalue weighted by Gasteiger charge is 2.29. The molecule has 0 heterocycles. The van der Waals surface area contributed by atoms with Crippen LogP contribution in [0.15, 0.2) is 0 Å². The van der Waals surface area contributed by atoms with Crippen LogP contribution in [-0.2, 0) is 24.5 Å². The first-order chi connectivity index (χ1) is 8.81. The SMILES string of the molecule is CCN(C(C)COC)S(=O)(=O)N(C)CCC(=O)OC. The Morgan fingerprint density at radius 2 is 1.89 bits per heavy atom. The van der Waals surface area contributed by atoms with E-state index in [1.807, 2.05) is 0 Å². The van der Waals surface area contributed by atoms with Crippen molar-refractivity contribution in [2.24, 2.45) is 0 Å². The predicted octanol–water partition coefficient (Wildman–Crippen LogP) is 0.0829. The van der Waals surface area contributed by atoms with Gasteiger partial charge in [0.05, 0.1) is 20.1 Å². The Hall–Kier alpha value is -0.700. The lowest BCUT2D eigenvalue weighted by atomic mass is 10.4. The molecule has 0 N–H and O–H groups in total. The van der Waals surface area contributed by atoms with Crippen molar-refractivity contribution in [1.29, 1.82) is 0 Å². The molecule has 0 radical (unpaired) electrons. The minimum absolute atomic E-state index is 0.0302. The summed E-state index contributed by atoms with van der Waals surface area (Å²) in [6.07, 6.45) is 0.0302. The van der Waals surface area contributed by atoms with E-state index in [0.717, 1.165) is 4.31 Å². The van der Waals surface area contributed by atoms with Crippen LogP contribution in [0.3, 0.4) is 0 Å². The van der Waals surface area contributed by atoms with E-state index in [9.17, 15) is 13.2 Å². The van der Waals surface area contributed by atoms with E-state index in [0.29, 0.717) is 13.2 Å². The van der Waals surface area contributed by atoms with Crippen molar-refractivity contribution < 1.29 is 22.7 Å². The predicted molar refractivity (Wildman–Crippen MR) is 71.9 cm³/mol. The van der Waals surface area contributed by atoms with Gasteiger partial charge in [-0.2, -0.15) is 17.0 Å². The largest absolute Gasteiger partial charge is 0.469 e. The summed E-state index contributed by atoms with van der Waals surface area (Å²) in [6.45, 7) is 4.29. The molecular formula is C11H24N2O5S. The van der Waals surface area contributed by atoms with Gasteiger partial charge in [-0.3, -0.25) is 4.79 Å². The third-order valence-corrected chi connectivity index (χ3v) is 4.94. The van der Waals surface area contributed by atoms with Gasteiger partial charge in [0.15, 0.2) is 0 Å². The van der Waals surface area contributed by atoms with E-state index < -0.39 is 16.2 Å². The molecule has 0 aromatic carbocycles. The van der Waals surface area contributed by atoms with Crippen molar-refractivity contribution >= 4 is 16.2 Å². The van der Waals surface area contributed by atoms with Crippen molar-refractivity contribution in [3.63, 3.8) is 0 Å². The number of esters is 1. The maximum Gasteiger partial charge on any atom is 0.306 e. The summed E-state index contributed by atoms with van der Waals surface area (Å²) in [5.41, 5.74) is 0.